The van der Waals surface area contributed by atoms with Gasteiger partial charge in [0.05, 0.1) is 4.90 Å². The van der Waals surface area contributed by atoms with Crippen LogP contribution < -0.4 is 0 Å². The number of nitrogens with zero attached hydrogens (tertiary/aromatic N) is 3. The van der Waals surface area contributed by atoms with Crippen LogP contribution in [0.1, 0.15) is 18.4 Å². The minimum atomic E-state index is -3.35. The van der Waals surface area contributed by atoms with Crippen LogP contribution in [0.2, 0.25) is 0 Å². The molecule has 2 aliphatic heterocycles. The Morgan fingerprint density at radius 3 is 2.26 bits per heavy atom. The highest BCUT2D eigenvalue weighted by atomic mass is 32.2. The van der Waals surface area contributed by atoms with E-state index in [1.165, 1.54) is 12.8 Å². The molecule has 0 amide bonds. The van der Waals surface area contributed by atoms with Gasteiger partial charge in [-0.2, -0.15) is 4.31 Å². The van der Waals surface area contributed by atoms with Gasteiger partial charge in [-0.3, -0.25) is 4.90 Å². The molecule has 2 heterocycles. The fraction of sp³-hybridized carbons (Fsp3) is 0.647. The maximum atomic E-state index is 12.8. The van der Waals surface area contributed by atoms with Crippen molar-refractivity contribution >= 4 is 10.0 Å². The van der Waals surface area contributed by atoms with Gasteiger partial charge in [-0.1, -0.05) is 12.1 Å². The van der Waals surface area contributed by atoms with Crippen LogP contribution in [-0.4, -0.2) is 74.9 Å². The van der Waals surface area contributed by atoms with E-state index in [9.17, 15) is 8.42 Å². The summed E-state index contributed by atoms with van der Waals surface area (Å²) in [4.78, 5) is 5.27. The predicted octanol–water partition coefficient (Wildman–Crippen LogP) is 1.40. The number of aryl methyl sites for hydroxylation is 1. The average Bonchev–Trinajstić information content (AvgIpc) is 2.56. The fourth-order valence-electron chi connectivity index (χ4n) is 3.59. The molecule has 23 heavy (non-hydrogen) atoms. The molecule has 1 aromatic rings. The summed E-state index contributed by atoms with van der Waals surface area (Å²) >= 11 is 0. The third-order valence-corrected chi connectivity index (χ3v) is 7.00. The predicted molar refractivity (Wildman–Crippen MR) is 92.0 cm³/mol. The van der Waals surface area contributed by atoms with Crippen LogP contribution in [0.4, 0.5) is 0 Å². The van der Waals surface area contributed by atoms with Gasteiger partial charge in [-0.15, -0.1) is 0 Å². The van der Waals surface area contributed by atoms with E-state index >= 15 is 0 Å². The smallest absolute Gasteiger partial charge is 0.243 e. The van der Waals surface area contributed by atoms with E-state index in [0.29, 0.717) is 24.0 Å². The number of likely N-dealkylation sites (tertiary alicyclic amines) is 1. The van der Waals surface area contributed by atoms with Crippen molar-refractivity contribution < 1.29 is 8.42 Å². The van der Waals surface area contributed by atoms with Gasteiger partial charge in [0, 0.05) is 32.2 Å². The Morgan fingerprint density at radius 1 is 1.00 bits per heavy atom. The maximum Gasteiger partial charge on any atom is 0.243 e. The van der Waals surface area contributed by atoms with Crippen molar-refractivity contribution in [1.82, 2.24) is 14.1 Å². The van der Waals surface area contributed by atoms with E-state index < -0.39 is 10.0 Å². The Bertz CT molecular complexity index is 631. The van der Waals surface area contributed by atoms with Gasteiger partial charge in [-0.05, 0) is 57.6 Å². The lowest BCUT2D eigenvalue weighted by Crippen LogP contribution is -2.53. The first-order valence-electron chi connectivity index (χ1n) is 8.46. The molecule has 0 saturated carbocycles. The first kappa shape index (κ1) is 16.9. The Hall–Kier alpha value is -0.950. The Labute approximate surface area is 139 Å². The van der Waals surface area contributed by atoms with E-state index in [0.717, 1.165) is 31.7 Å². The van der Waals surface area contributed by atoms with Crippen molar-refractivity contribution in [1.29, 1.82) is 0 Å². The highest BCUT2D eigenvalue weighted by Gasteiger charge is 2.31. The summed E-state index contributed by atoms with van der Waals surface area (Å²) in [5.74, 6) is 0. The van der Waals surface area contributed by atoms with Crippen LogP contribution in [0.15, 0.2) is 29.2 Å². The van der Waals surface area contributed by atoms with Crippen molar-refractivity contribution in [3.05, 3.63) is 29.8 Å². The molecule has 0 bridgehead atoms. The summed E-state index contributed by atoms with van der Waals surface area (Å²) in [7, 11) is -1.18. The zero-order valence-electron chi connectivity index (χ0n) is 14.1. The summed E-state index contributed by atoms with van der Waals surface area (Å²) < 4.78 is 27.2. The maximum absolute atomic E-state index is 12.8. The zero-order valence-corrected chi connectivity index (χ0v) is 14.9. The number of sulfonamides is 1. The van der Waals surface area contributed by atoms with E-state index in [2.05, 4.69) is 16.8 Å². The zero-order chi connectivity index (χ0) is 16.4. The Kier molecular flexibility index (Phi) is 5.06. The van der Waals surface area contributed by atoms with E-state index in [1.807, 2.05) is 19.1 Å². The third-order valence-electron chi connectivity index (χ3n) is 5.11. The first-order valence-corrected chi connectivity index (χ1v) is 9.90. The second kappa shape index (κ2) is 6.89. The average molecular weight is 337 g/mol. The molecule has 0 radical (unpaired) electrons. The van der Waals surface area contributed by atoms with Crippen molar-refractivity contribution in [2.45, 2.75) is 30.7 Å². The summed E-state index contributed by atoms with van der Waals surface area (Å²) in [6.07, 6.45) is 2.39. The minimum absolute atomic E-state index is 0.422. The number of rotatable bonds is 3. The monoisotopic (exact) mass is 337 g/mol. The van der Waals surface area contributed by atoms with Gasteiger partial charge in [0.1, 0.15) is 0 Å². The van der Waals surface area contributed by atoms with Gasteiger partial charge in [0.2, 0.25) is 10.0 Å². The molecular formula is C17H27N3O2S. The normalized spacial score (nSPS) is 23.2. The largest absolute Gasteiger partial charge is 0.306 e. The minimum Gasteiger partial charge on any atom is -0.306 e. The quantitative estimate of drug-likeness (QED) is 0.836. The first-order chi connectivity index (χ1) is 11.0. The second-order valence-electron chi connectivity index (χ2n) is 6.79. The van der Waals surface area contributed by atoms with E-state index in [1.54, 1.807) is 16.4 Å². The van der Waals surface area contributed by atoms with Gasteiger partial charge < -0.3 is 4.90 Å². The van der Waals surface area contributed by atoms with Gasteiger partial charge in [0.25, 0.3) is 0 Å². The molecule has 2 fully saturated rings. The number of benzene rings is 1. The topological polar surface area (TPSA) is 43.9 Å². The van der Waals surface area contributed by atoms with Crippen LogP contribution in [-0.2, 0) is 10.0 Å². The lowest BCUT2D eigenvalue weighted by Gasteiger charge is -2.41. The molecule has 1 aromatic carbocycles. The summed E-state index contributed by atoms with van der Waals surface area (Å²) in [5.41, 5.74) is 0.982. The molecule has 2 aliphatic rings. The van der Waals surface area contributed by atoms with Gasteiger partial charge in [-0.25, -0.2) is 8.42 Å². The van der Waals surface area contributed by atoms with Crippen LogP contribution in [0.5, 0.6) is 0 Å². The van der Waals surface area contributed by atoms with E-state index in [4.69, 9.17) is 0 Å². The van der Waals surface area contributed by atoms with Gasteiger partial charge >= 0.3 is 0 Å². The molecule has 0 spiro atoms. The van der Waals surface area contributed by atoms with Crippen LogP contribution in [0.3, 0.4) is 0 Å². The summed E-state index contributed by atoms with van der Waals surface area (Å²) in [6.45, 7) is 7.11. The van der Waals surface area contributed by atoms with Gasteiger partial charge in [0.15, 0.2) is 0 Å². The van der Waals surface area contributed by atoms with Crippen molar-refractivity contribution in [2.75, 3.05) is 46.3 Å². The Balaban J connectivity index is 1.62. The molecule has 3 rings (SSSR count). The molecular weight excluding hydrogens is 310 g/mol. The third kappa shape index (κ3) is 3.76. The molecule has 0 unspecified atom stereocenters. The standard InChI is InChI=1S/C17H27N3O2S/c1-15-4-3-5-17(14-15)23(21,22)20-12-10-19(11-13-20)16-6-8-18(2)9-7-16/h3-5,14,16H,6-13H2,1-2H3. The molecule has 0 atom stereocenters. The second-order valence-corrected chi connectivity index (χ2v) is 8.73. The lowest BCUT2D eigenvalue weighted by molar-refractivity contribution is 0.0892. The number of piperazine rings is 1. The lowest BCUT2D eigenvalue weighted by atomic mass is 10.0. The molecule has 2 saturated heterocycles. The molecule has 5 nitrogen and oxygen atoms in total. The fourth-order valence-corrected chi connectivity index (χ4v) is 5.12. The van der Waals surface area contributed by atoms with Crippen LogP contribution in [0, 0.1) is 6.92 Å². The van der Waals surface area contributed by atoms with Crippen molar-refractivity contribution in [2.24, 2.45) is 0 Å². The van der Waals surface area contributed by atoms with Crippen LogP contribution in [0.25, 0.3) is 0 Å². The molecule has 0 aromatic heterocycles. The molecule has 0 aliphatic carbocycles. The number of piperidine rings is 1. The number of hydrogen-bond acceptors (Lipinski definition) is 4. The Morgan fingerprint density at radius 2 is 1.65 bits per heavy atom. The molecule has 128 valence electrons. The molecule has 0 N–H and O–H groups in total. The highest BCUT2D eigenvalue weighted by Crippen LogP contribution is 2.22. The van der Waals surface area contributed by atoms with Crippen molar-refractivity contribution in [3.63, 3.8) is 0 Å². The highest BCUT2D eigenvalue weighted by molar-refractivity contribution is 7.89. The SMILES string of the molecule is Cc1cccc(S(=O)(=O)N2CCN(C3CCN(C)CC3)CC2)c1. The van der Waals surface area contributed by atoms with Crippen LogP contribution >= 0.6 is 0 Å². The molecule has 6 heteroatoms. The summed E-state index contributed by atoms with van der Waals surface area (Å²) in [6, 6.07) is 7.83. The van der Waals surface area contributed by atoms with Crippen molar-refractivity contribution in [3.8, 4) is 0 Å². The van der Waals surface area contributed by atoms with E-state index in [-0.39, 0.29) is 0 Å². The summed E-state index contributed by atoms with van der Waals surface area (Å²) in [5, 5.41) is 0. The number of hydrogen-bond donors (Lipinski definition) is 0.